The van der Waals surface area contributed by atoms with Crippen molar-refractivity contribution in [2.24, 2.45) is 7.05 Å². The van der Waals surface area contributed by atoms with Crippen molar-refractivity contribution in [3.8, 4) is 11.4 Å². The second-order valence-electron chi connectivity index (χ2n) is 6.08. The second-order valence-corrected chi connectivity index (χ2v) is 7.83. The zero-order valence-corrected chi connectivity index (χ0v) is 16.6. The van der Waals surface area contributed by atoms with Crippen LogP contribution in [0.1, 0.15) is 12.5 Å². The summed E-state index contributed by atoms with van der Waals surface area (Å²) in [6.45, 7) is 3.70. The summed E-state index contributed by atoms with van der Waals surface area (Å²) in [5.41, 5.74) is 2.37. The van der Waals surface area contributed by atoms with Gasteiger partial charge in [0.05, 0.1) is 5.25 Å². The van der Waals surface area contributed by atoms with Crippen molar-refractivity contribution in [2.75, 3.05) is 5.32 Å². The molecule has 1 atom stereocenters. The van der Waals surface area contributed by atoms with Crippen LogP contribution in [-0.4, -0.2) is 25.9 Å². The van der Waals surface area contributed by atoms with Crippen LogP contribution in [0.15, 0.2) is 47.6 Å². The Bertz CT molecular complexity index is 974. The van der Waals surface area contributed by atoms with Gasteiger partial charge in [0.2, 0.25) is 5.91 Å². The maximum atomic E-state index is 13.1. The SMILES string of the molecule is Cc1ccc(Cl)cc1NC(=O)[C@H](C)Sc1nnc(-c2ccc(F)cc2)n1C. The standard InChI is InChI=1S/C19H18ClFN4OS/c1-11-4-7-14(20)10-16(11)22-18(26)12(2)27-19-24-23-17(25(19)3)13-5-8-15(21)9-6-13/h4-10,12H,1-3H3,(H,22,26)/t12-/m0/s1. The van der Waals surface area contributed by atoms with Gasteiger partial charge in [-0.3, -0.25) is 4.79 Å². The maximum Gasteiger partial charge on any atom is 0.237 e. The van der Waals surface area contributed by atoms with Crippen molar-refractivity contribution in [3.05, 3.63) is 58.9 Å². The van der Waals surface area contributed by atoms with Crippen LogP contribution in [0, 0.1) is 12.7 Å². The number of hydrogen-bond acceptors (Lipinski definition) is 4. The van der Waals surface area contributed by atoms with Crippen LogP contribution in [0.3, 0.4) is 0 Å². The minimum Gasteiger partial charge on any atom is -0.325 e. The molecule has 140 valence electrons. The number of carbonyl (C=O) groups excluding carboxylic acids is 1. The molecule has 0 unspecified atom stereocenters. The van der Waals surface area contributed by atoms with E-state index in [0.29, 0.717) is 21.7 Å². The third-order valence-electron chi connectivity index (χ3n) is 4.05. The normalized spacial score (nSPS) is 12.0. The van der Waals surface area contributed by atoms with E-state index in [9.17, 15) is 9.18 Å². The number of hydrogen-bond donors (Lipinski definition) is 1. The average molecular weight is 405 g/mol. The quantitative estimate of drug-likeness (QED) is 0.626. The van der Waals surface area contributed by atoms with Gasteiger partial charge in [-0.15, -0.1) is 10.2 Å². The number of carbonyl (C=O) groups is 1. The molecular weight excluding hydrogens is 387 g/mol. The summed E-state index contributed by atoms with van der Waals surface area (Å²) in [4.78, 5) is 12.5. The predicted octanol–water partition coefficient (Wildman–Crippen LogP) is 4.70. The van der Waals surface area contributed by atoms with Gasteiger partial charge in [-0.25, -0.2) is 4.39 Å². The predicted molar refractivity (Wildman–Crippen MR) is 107 cm³/mol. The molecule has 0 radical (unpaired) electrons. The number of benzene rings is 2. The van der Waals surface area contributed by atoms with E-state index < -0.39 is 5.25 Å². The molecule has 2 aromatic carbocycles. The molecule has 0 spiro atoms. The molecule has 0 aliphatic heterocycles. The lowest BCUT2D eigenvalue weighted by atomic mass is 10.2. The lowest BCUT2D eigenvalue weighted by Gasteiger charge is -2.13. The molecule has 0 fully saturated rings. The molecule has 3 rings (SSSR count). The summed E-state index contributed by atoms with van der Waals surface area (Å²) in [6, 6.07) is 11.4. The van der Waals surface area contributed by atoms with Gasteiger partial charge < -0.3 is 9.88 Å². The van der Waals surface area contributed by atoms with Crippen LogP contribution in [0.2, 0.25) is 5.02 Å². The lowest BCUT2D eigenvalue weighted by molar-refractivity contribution is -0.115. The zero-order valence-electron chi connectivity index (χ0n) is 15.0. The highest BCUT2D eigenvalue weighted by atomic mass is 35.5. The first-order chi connectivity index (χ1) is 12.8. The fraction of sp³-hybridized carbons (Fsp3) is 0.211. The average Bonchev–Trinajstić information content (AvgIpc) is 2.99. The summed E-state index contributed by atoms with van der Waals surface area (Å²) in [5.74, 6) is 0.143. The first-order valence-corrected chi connectivity index (χ1v) is 9.50. The van der Waals surface area contributed by atoms with Gasteiger partial charge in [0.1, 0.15) is 5.82 Å². The number of aromatic nitrogens is 3. The van der Waals surface area contributed by atoms with Crippen LogP contribution in [0.5, 0.6) is 0 Å². The van der Waals surface area contributed by atoms with E-state index in [1.165, 1.54) is 23.9 Å². The van der Waals surface area contributed by atoms with Crippen molar-refractivity contribution in [3.63, 3.8) is 0 Å². The molecule has 8 heteroatoms. The van der Waals surface area contributed by atoms with Crippen LogP contribution in [0.4, 0.5) is 10.1 Å². The Kier molecular flexibility index (Phi) is 5.82. The summed E-state index contributed by atoms with van der Waals surface area (Å²) < 4.78 is 14.9. The molecule has 1 amide bonds. The minimum absolute atomic E-state index is 0.156. The minimum atomic E-state index is -0.396. The number of thioether (sulfide) groups is 1. The Morgan fingerprint density at radius 3 is 2.63 bits per heavy atom. The van der Waals surface area contributed by atoms with E-state index >= 15 is 0 Å². The maximum absolute atomic E-state index is 13.1. The van der Waals surface area contributed by atoms with Crippen molar-refractivity contribution >= 4 is 35.0 Å². The number of nitrogens with one attached hydrogen (secondary N) is 1. The number of rotatable bonds is 5. The van der Waals surface area contributed by atoms with Gasteiger partial charge in [-0.05, 0) is 55.8 Å². The number of halogens is 2. The summed E-state index contributed by atoms with van der Waals surface area (Å²) >= 11 is 7.30. The van der Waals surface area contributed by atoms with Crippen molar-refractivity contribution < 1.29 is 9.18 Å². The van der Waals surface area contributed by atoms with Crippen LogP contribution < -0.4 is 5.32 Å². The highest BCUT2D eigenvalue weighted by Gasteiger charge is 2.20. The number of anilines is 1. The lowest BCUT2D eigenvalue weighted by Crippen LogP contribution is -2.23. The number of amides is 1. The van der Waals surface area contributed by atoms with E-state index in [1.54, 1.807) is 35.8 Å². The fourth-order valence-electron chi connectivity index (χ4n) is 2.44. The van der Waals surface area contributed by atoms with Gasteiger partial charge in [0, 0.05) is 23.3 Å². The summed E-state index contributed by atoms with van der Waals surface area (Å²) in [6.07, 6.45) is 0. The van der Waals surface area contributed by atoms with Crippen LogP contribution in [0.25, 0.3) is 11.4 Å². The van der Waals surface area contributed by atoms with Crippen LogP contribution in [-0.2, 0) is 11.8 Å². The van der Waals surface area contributed by atoms with Crippen LogP contribution >= 0.6 is 23.4 Å². The first kappa shape index (κ1) is 19.4. The Balaban J connectivity index is 1.72. The molecule has 1 heterocycles. The van der Waals surface area contributed by atoms with E-state index in [0.717, 1.165) is 11.1 Å². The molecule has 0 bridgehead atoms. The molecule has 0 aliphatic rings. The van der Waals surface area contributed by atoms with Gasteiger partial charge >= 0.3 is 0 Å². The molecule has 3 aromatic rings. The summed E-state index contributed by atoms with van der Waals surface area (Å²) in [5, 5.41) is 12.0. The molecule has 27 heavy (non-hydrogen) atoms. The fourth-order valence-corrected chi connectivity index (χ4v) is 3.43. The zero-order chi connectivity index (χ0) is 19.6. The van der Waals surface area contributed by atoms with Crippen molar-refractivity contribution in [1.82, 2.24) is 14.8 Å². The van der Waals surface area contributed by atoms with E-state index in [1.807, 2.05) is 20.0 Å². The number of aryl methyl sites for hydroxylation is 1. The molecule has 5 nitrogen and oxygen atoms in total. The highest BCUT2D eigenvalue weighted by molar-refractivity contribution is 8.00. The van der Waals surface area contributed by atoms with Crippen molar-refractivity contribution in [1.29, 1.82) is 0 Å². The van der Waals surface area contributed by atoms with E-state index in [2.05, 4.69) is 15.5 Å². The number of nitrogens with zero attached hydrogens (tertiary/aromatic N) is 3. The molecular formula is C19H18ClFN4OS. The van der Waals surface area contributed by atoms with Crippen molar-refractivity contribution in [2.45, 2.75) is 24.3 Å². The van der Waals surface area contributed by atoms with Gasteiger partial charge in [0.15, 0.2) is 11.0 Å². The van der Waals surface area contributed by atoms with E-state index in [-0.39, 0.29) is 11.7 Å². The second kappa shape index (κ2) is 8.10. The third-order valence-corrected chi connectivity index (χ3v) is 5.42. The van der Waals surface area contributed by atoms with Gasteiger partial charge in [-0.1, -0.05) is 29.4 Å². The molecule has 0 saturated carbocycles. The Morgan fingerprint density at radius 1 is 1.22 bits per heavy atom. The molecule has 1 aromatic heterocycles. The highest BCUT2D eigenvalue weighted by Crippen LogP contribution is 2.27. The topological polar surface area (TPSA) is 59.8 Å². The summed E-state index contributed by atoms with van der Waals surface area (Å²) in [7, 11) is 1.81. The van der Waals surface area contributed by atoms with Gasteiger partial charge in [0.25, 0.3) is 0 Å². The van der Waals surface area contributed by atoms with E-state index in [4.69, 9.17) is 11.6 Å². The molecule has 0 saturated heterocycles. The largest absolute Gasteiger partial charge is 0.325 e. The van der Waals surface area contributed by atoms with Gasteiger partial charge in [-0.2, -0.15) is 0 Å². The monoisotopic (exact) mass is 404 g/mol. The Labute approximate surface area is 166 Å². The first-order valence-electron chi connectivity index (χ1n) is 8.24. The molecule has 1 N–H and O–H groups in total. The Hall–Kier alpha value is -2.38. The smallest absolute Gasteiger partial charge is 0.237 e. The Morgan fingerprint density at radius 2 is 1.93 bits per heavy atom. The molecule has 0 aliphatic carbocycles. The third kappa shape index (κ3) is 4.48.